The van der Waals surface area contributed by atoms with Gasteiger partial charge in [-0.1, -0.05) is 28.4 Å². The van der Waals surface area contributed by atoms with Gasteiger partial charge in [0.2, 0.25) is 0 Å². The van der Waals surface area contributed by atoms with Crippen LogP contribution in [0.15, 0.2) is 33.6 Å². The molecule has 116 valence electrons. The second-order valence-electron chi connectivity index (χ2n) is 6.42. The zero-order chi connectivity index (χ0) is 14.7. The highest BCUT2D eigenvalue weighted by atomic mass is 79.9. The summed E-state index contributed by atoms with van der Waals surface area (Å²) in [6.07, 6.45) is 7.44. The molecule has 2 aliphatic carbocycles. The summed E-state index contributed by atoms with van der Waals surface area (Å²) in [6, 6.07) is 9.19. The molecule has 0 amide bonds. The highest BCUT2D eigenvalue weighted by Crippen LogP contribution is 2.41. The number of nitrogens with one attached hydrogen (secondary N) is 1. The Morgan fingerprint density at radius 2 is 2.19 bits per heavy atom. The van der Waals surface area contributed by atoms with E-state index >= 15 is 0 Å². The fraction of sp³-hybridized carbons (Fsp3) is 0.647. The first-order valence-corrected chi connectivity index (χ1v) is 9.77. The normalized spacial score (nSPS) is 29.0. The van der Waals surface area contributed by atoms with E-state index in [1.165, 1.54) is 37.0 Å². The lowest BCUT2D eigenvalue weighted by atomic mass is 9.85. The summed E-state index contributed by atoms with van der Waals surface area (Å²) in [7, 11) is 0. The molecule has 0 aliphatic heterocycles. The van der Waals surface area contributed by atoms with Gasteiger partial charge in [0, 0.05) is 20.9 Å². The summed E-state index contributed by atoms with van der Waals surface area (Å²) in [5.74, 6) is 1.76. The van der Waals surface area contributed by atoms with E-state index < -0.39 is 0 Å². The van der Waals surface area contributed by atoms with E-state index in [1.807, 2.05) is 11.8 Å². The quantitative estimate of drug-likeness (QED) is 0.705. The molecular formula is C17H24BrNOS. The van der Waals surface area contributed by atoms with Crippen molar-refractivity contribution in [1.82, 2.24) is 5.32 Å². The van der Waals surface area contributed by atoms with Crippen LogP contribution in [0.2, 0.25) is 0 Å². The van der Waals surface area contributed by atoms with Gasteiger partial charge in [0.25, 0.3) is 0 Å². The van der Waals surface area contributed by atoms with Crippen LogP contribution in [-0.2, 0) is 0 Å². The third-order valence-corrected chi connectivity index (χ3v) is 6.36. The molecule has 2 fully saturated rings. The van der Waals surface area contributed by atoms with E-state index in [0.717, 1.165) is 16.6 Å². The maximum atomic E-state index is 9.94. The van der Waals surface area contributed by atoms with Crippen molar-refractivity contribution in [2.24, 2.45) is 5.92 Å². The van der Waals surface area contributed by atoms with Gasteiger partial charge in [0.1, 0.15) is 0 Å². The maximum absolute atomic E-state index is 9.94. The van der Waals surface area contributed by atoms with E-state index in [4.69, 9.17) is 0 Å². The number of hydrogen-bond donors (Lipinski definition) is 2. The fourth-order valence-electron chi connectivity index (χ4n) is 3.52. The number of thioether (sulfide) groups is 1. The van der Waals surface area contributed by atoms with Crippen LogP contribution >= 0.6 is 27.7 Å². The topological polar surface area (TPSA) is 32.3 Å². The Kier molecular flexibility index (Phi) is 5.31. The molecule has 1 aromatic carbocycles. The Morgan fingerprint density at radius 3 is 2.90 bits per heavy atom. The first-order valence-electron chi connectivity index (χ1n) is 7.99. The van der Waals surface area contributed by atoms with Gasteiger partial charge in [-0.3, -0.25) is 0 Å². The second kappa shape index (κ2) is 7.03. The van der Waals surface area contributed by atoms with Gasteiger partial charge in [0.05, 0.1) is 6.61 Å². The van der Waals surface area contributed by atoms with Crippen molar-refractivity contribution in [1.29, 1.82) is 0 Å². The van der Waals surface area contributed by atoms with E-state index in [9.17, 15) is 5.11 Å². The zero-order valence-corrected chi connectivity index (χ0v) is 14.8. The van der Waals surface area contributed by atoms with Crippen molar-refractivity contribution < 1.29 is 5.11 Å². The lowest BCUT2D eigenvalue weighted by Gasteiger charge is -2.35. The van der Waals surface area contributed by atoms with Crippen molar-refractivity contribution in [2.45, 2.75) is 55.0 Å². The van der Waals surface area contributed by atoms with Crippen LogP contribution < -0.4 is 5.32 Å². The van der Waals surface area contributed by atoms with Gasteiger partial charge in [-0.25, -0.2) is 0 Å². The minimum Gasteiger partial charge on any atom is -0.394 e. The van der Waals surface area contributed by atoms with Crippen LogP contribution in [0.25, 0.3) is 0 Å². The average Bonchev–Trinajstić information content (AvgIpc) is 3.20. The highest BCUT2D eigenvalue weighted by Gasteiger charge is 2.44. The molecule has 2 N–H and O–H groups in total. The van der Waals surface area contributed by atoms with Crippen LogP contribution in [-0.4, -0.2) is 29.0 Å². The molecule has 0 bridgehead atoms. The van der Waals surface area contributed by atoms with Crippen LogP contribution in [0, 0.1) is 5.92 Å². The van der Waals surface area contributed by atoms with Gasteiger partial charge < -0.3 is 10.4 Å². The van der Waals surface area contributed by atoms with Crippen LogP contribution in [0.1, 0.15) is 38.5 Å². The van der Waals surface area contributed by atoms with Crippen molar-refractivity contribution in [3.05, 3.63) is 28.7 Å². The molecule has 0 spiro atoms. The van der Waals surface area contributed by atoms with E-state index in [2.05, 4.69) is 45.5 Å². The Morgan fingerprint density at radius 1 is 1.33 bits per heavy atom. The van der Waals surface area contributed by atoms with Crippen molar-refractivity contribution in [2.75, 3.05) is 12.4 Å². The molecule has 0 saturated heterocycles. The van der Waals surface area contributed by atoms with Crippen LogP contribution in [0.4, 0.5) is 0 Å². The number of hydrogen-bond acceptors (Lipinski definition) is 3. The summed E-state index contributed by atoms with van der Waals surface area (Å²) < 4.78 is 1.15. The Hall–Kier alpha value is -0.0300. The van der Waals surface area contributed by atoms with Crippen LogP contribution in [0.5, 0.6) is 0 Å². The largest absolute Gasteiger partial charge is 0.394 e. The molecule has 0 radical (unpaired) electrons. The van der Waals surface area contributed by atoms with E-state index in [0.29, 0.717) is 18.6 Å². The minimum atomic E-state index is 0.0129. The van der Waals surface area contributed by atoms with Crippen molar-refractivity contribution in [3.63, 3.8) is 0 Å². The summed E-state index contributed by atoms with van der Waals surface area (Å²) in [5, 5.41) is 13.7. The molecule has 2 atom stereocenters. The molecule has 0 heterocycles. The summed E-state index contributed by atoms with van der Waals surface area (Å²) in [4.78, 5) is 1.33. The Bertz CT molecular complexity index is 480. The van der Waals surface area contributed by atoms with E-state index in [-0.39, 0.29) is 5.54 Å². The summed E-state index contributed by atoms with van der Waals surface area (Å²) >= 11 is 5.46. The second-order valence-corrected chi connectivity index (χ2v) is 8.50. The first-order chi connectivity index (χ1) is 10.2. The predicted octanol–water partition coefficient (Wildman–Crippen LogP) is 4.21. The standard InChI is InChI=1S/C17H24BrNOS/c18-14-4-1-5-16(11-14)21-10-8-13-3-2-9-17(13,12-20)19-15-6-7-15/h1,4-5,11,13,15,19-20H,2-3,6-10,12H2. The third-order valence-electron chi connectivity index (χ3n) is 4.84. The summed E-state index contributed by atoms with van der Waals surface area (Å²) in [5.41, 5.74) is 0.0129. The average molecular weight is 370 g/mol. The van der Waals surface area contributed by atoms with E-state index in [1.54, 1.807) is 0 Å². The molecule has 3 rings (SSSR count). The first kappa shape index (κ1) is 15.9. The highest BCUT2D eigenvalue weighted by molar-refractivity contribution is 9.10. The van der Waals surface area contributed by atoms with Gasteiger partial charge in [-0.2, -0.15) is 0 Å². The number of aliphatic hydroxyl groups excluding tert-OH is 1. The van der Waals surface area contributed by atoms with Crippen LogP contribution in [0.3, 0.4) is 0 Å². The lowest BCUT2D eigenvalue weighted by molar-refractivity contribution is 0.120. The third kappa shape index (κ3) is 4.04. The fourth-order valence-corrected chi connectivity index (χ4v) is 5.09. The molecule has 2 saturated carbocycles. The smallest absolute Gasteiger partial charge is 0.0616 e. The molecule has 21 heavy (non-hydrogen) atoms. The molecular weight excluding hydrogens is 346 g/mol. The van der Waals surface area contributed by atoms with Gasteiger partial charge in [-0.05, 0) is 62.0 Å². The lowest BCUT2D eigenvalue weighted by Crippen LogP contribution is -2.52. The number of halogens is 1. The Balaban J connectivity index is 1.53. The molecule has 2 nitrogen and oxygen atoms in total. The van der Waals surface area contributed by atoms with Gasteiger partial charge >= 0.3 is 0 Å². The summed E-state index contributed by atoms with van der Waals surface area (Å²) in [6.45, 7) is 0.301. The number of rotatable bonds is 7. The predicted molar refractivity (Wildman–Crippen MR) is 92.8 cm³/mol. The maximum Gasteiger partial charge on any atom is 0.0616 e. The van der Waals surface area contributed by atoms with Gasteiger partial charge in [-0.15, -0.1) is 11.8 Å². The monoisotopic (exact) mass is 369 g/mol. The number of aliphatic hydroxyl groups is 1. The number of benzene rings is 1. The zero-order valence-electron chi connectivity index (χ0n) is 12.4. The Labute approximate surface area is 140 Å². The van der Waals surface area contributed by atoms with Crippen molar-refractivity contribution >= 4 is 27.7 Å². The molecule has 1 aromatic rings. The minimum absolute atomic E-state index is 0.0129. The molecule has 0 aromatic heterocycles. The SMILES string of the molecule is OCC1(NC2CC2)CCCC1CCSc1cccc(Br)c1. The van der Waals surface area contributed by atoms with Gasteiger partial charge in [0.15, 0.2) is 0 Å². The molecule has 4 heteroatoms. The molecule has 2 unspecified atom stereocenters. The van der Waals surface area contributed by atoms with Crippen molar-refractivity contribution in [3.8, 4) is 0 Å². The molecule has 2 aliphatic rings.